The predicted octanol–water partition coefficient (Wildman–Crippen LogP) is 8.29. The Morgan fingerprint density at radius 3 is 1.38 bits per heavy atom. The Bertz CT molecular complexity index is 1940. The van der Waals surface area contributed by atoms with Gasteiger partial charge in [0.1, 0.15) is 41.3 Å². The minimum Gasteiger partial charge on any atom is -0.497 e. The van der Waals surface area contributed by atoms with Crippen molar-refractivity contribution in [2.75, 3.05) is 35.0 Å². The van der Waals surface area contributed by atoms with Crippen LogP contribution in [0.5, 0.6) is 23.0 Å². The van der Waals surface area contributed by atoms with Crippen LogP contribution < -0.4 is 18.9 Å². The monoisotopic (exact) mass is 744 g/mol. The average Bonchev–Trinajstić information content (AvgIpc) is 3.24. The highest BCUT2D eigenvalue weighted by Crippen LogP contribution is 2.32. The van der Waals surface area contributed by atoms with Gasteiger partial charge in [0, 0.05) is 6.42 Å². The smallest absolute Gasteiger partial charge is 0.187 e. The summed E-state index contributed by atoms with van der Waals surface area (Å²) in [7, 11) is 6.53. The molecule has 0 saturated heterocycles. The Kier molecular flexibility index (Phi) is 14.1. The van der Waals surface area contributed by atoms with Crippen molar-refractivity contribution in [2.45, 2.75) is 50.7 Å². The molecular formula is C46H48O9. The van der Waals surface area contributed by atoms with Crippen molar-refractivity contribution in [3.05, 3.63) is 167 Å². The second-order valence-corrected chi connectivity index (χ2v) is 13.2. The molecule has 0 radical (unpaired) electrons. The van der Waals surface area contributed by atoms with Gasteiger partial charge in [-0.05, 0) is 88.0 Å². The molecule has 0 fully saturated rings. The molecule has 0 bridgehead atoms. The quantitative estimate of drug-likeness (QED) is 0.0829. The molecule has 0 N–H and O–H groups in total. The maximum absolute atomic E-state index is 14.1. The van der Waals surface area contributed by atoms with Crippen molar-refractivity contribution in [3.63, 3.8) is 0 Å². The third-order valence-electron chi connectivity index (χ3n) is 9.55. The van der Waals surface area contributed by atoms with Crippen LogP contribution in [0.2, 0.25) is 0 Å². The maximum atomic E-state index is 14.1. The summed E-state index contributed by atoms with van der Waals surface area (Å²) in [6.45, 7) is 0.767. The third-order valence-corrected chi connectivity index (χ3v) is 9.55. The number of benzene rings is 5. The Labute approximate surface area is 323 Å². The highest BCUT2D eigenvalue weighted by atomic mass is 16.6. The molecule has 0 aliphatic heterocycles. The lowest BCUT2D eigenvalue weighted by molar-refractivity contribution is -0.163. The molecule has 6 rings (SSSR count). The van der Waals surface area contributed by atoms with Crippen LogP contribution in [0.1, 0.15) is 33.9 Å². The predicted molar refractivity (Wildman–Crippen MR) is 210 cm³/mol. The van der Waals surface area contributed by atoms with Crippen molar-refractivity contribution in [1.29, 1.82) is 0 Å². The van der Waals surface area contributed by atoms with E-state index in [-0.39, 0.29) is 38.3 Å². The number of hydrogen-bond donors (Lipinski definition) is 0. The molecule has 0 amide bonds. The first-order valence-corrected chi connectivity index (χ1v) is 18.2. The van der Waals surface area contributed by atoms with Crippen molar-refractivity contribution in [2.24, 2.45) is 0 Å². The standard InChI is InChI=1S/C46H48O9/c1-48-38-18-10-33(11-19-38)28-53-44-37(31-52-43(26-32-8-6-5-7-9-32)36-16-24-41(51-4)25-17-36)27-42(47)45(54-29-34-12-20-39(49-2)21-13-34)46(44)55-30-35-14-22-40(50-3)23-15-35/h5-25,27,43-46H,26,28-31H2,1-4H3/t43?,44-,45+,46+/m1/s1. The molecule has 5 aromatic rings. The van der Waals surface area contributed by atoms with Crippen LogP contribution in [0.15, 0.2) is 139 Å². The first-order chi connectivity index (χ1) is 27.0. The Morgan fingerprint density at radius 1 is 0.473 bits per heavy atom. The van der Waals surface area contributed by atoms with Crippen LogP contribution >= 0.6 is 0 Å². The van der Waals surface area contributed by atoms with Gasteiger partial charge in [-0.1, -0.05) is 78.9 Å². The zero-order chi connectivity index (χ0) is 38.4. The first kappa shape index (κ1) is 39.2. The maximum Gasteiger partial charge on any atom is 0.187 e. The molecule has 1 aliphatic rings. The summed E-state index contributed by atoms with van der Waals surface area (Å²) in [6.07, 6.45) is -0.536. The number of hydrogen-bond acceptors (Lipinski definition) is 9. The van der Waals surface area contributed by atoms with Gasteiger partial charge in [-0.25, -0.2) is 0 Å². The molecule has 0 saturated carbocycles. The molecular weight excluding hydrogens is 696 g/mol. The van der Waals surface area contributed by atoms with E-state index < -0.39 is 18.3 Å². The molecule has 5 aromatic carbocycles. The second kappa shape index (κ2) is 19.8. The molecule has 55 heavy (non-hydrogen) atoms. The summed E-state index contributed by atoms with van der Waals surface area (Å²) in [5.41, 5.74) is 5.50. The number of carbonyl (C=O) groups excluding carboxylic acids is 1. The summed E-state index contributed by atoms with van der Waals surface area (Å²) in [5.74, 6) is 2.75. The van der Waals surface area contributed by atoms with E-state index in [9.17, 15) is 4.79 Å². The minimum atomic E-state index is -0.952. The number of ketones is 1. The van der Waals surface area contributed by atoms with E-state index in [0.717, 1.165) is 50.8 Å². The van der Waals surface area contributed by atoms with Gasteiger partial charge in [-0.15, -0.1) is 0 Å². The number of ether oxygens (including phenoxy) is 8. The van der Waals surface area contributed by atoms with Crippen LogP contribution in [0, 0.1) is 0 Å². The molecule has 1 unspecified atom stereocenters. The van der Waals surface area contributed by atoms with Gasteiger partial charge in [0.05, 0.1) is 61.0 Å². The van der Waals surface area contributed by atoms with Gasteiger partial charge in [-0.3, -0.25) is 4.79 Å². The van der Waals surface area contributed by atoms with Crippen LogP contribution in [-0.4, -0.2) is 59.1 Å². The summed E-state index contributed by atoms with van der Waals surface area (Å²) in [5, 5.41) is 0. The summed E-state index contributed by atoms with van der Waals surface area (Å²) >= 11 is 0. The van der Waals surface area contributed by atoms with E-state index >= 15 is 0 Å². The van der Waals surface area contributed by atoms with E-state index in [1.165, 1.54) is 0 Å². The molecule has 286 valence electrons. The van der Waals surface area contributed by atoms with Crippen molar-refractivity contribution in [3.8, 4) is 23.0 Å². The molecule has 0 spiro atoms. The summed E-state index contributed by atoms with van der Waals surface area (Å²) in [4.78, 5) is 14.1. The molecule has 1 aliphatic carbocycles. The van der Waals surface area contributed by atoms with E-state index in [4.69, 9.17) is 37.9 Å². The van der Waals surface area contributed by atoms with Gasteiger partial charge < -0.3 is 37.9 Å². The highest BCUT2D eigenvalue weighted by Gasteiger charge is 2.42. The Hall–Kier alpha value is -5.45. The van der Waals surface area contributed by atoms with Crippen LogP contribution in [0.25, 0.3) is 0 Å². The van der Waals surface area contributed by atoms with E-state index in [1.54, 1.807) is 34.5 Å². The first-order valence-electron chi connectivity index (χ1n) is 18.2. The van der Waals surface area contributed by atoms with Crippen molar-refractivity contribution >= 4 is 5.78 Å². The number of carbonyl (C=O) groups is 1. The Balaban J connectivity index is 1.31. The largest absolute Gasteiger partial charge is 0.497 e. The number of methoxy groups -OCH3 is 4. The van der Waals surface area contributed by atoms with Crippen molar-refractivity contribution in [1.82, 2.24) is 0 Å². The van der Waals surface area contributed by atoms with Gasteiger partial charge in [0.2, 0.25) is 0 Å². The lowest BCUT2D eigenvalue weighted by Crippen LogP contribution is -2.51. The molecule has 9 heteroatoms. The zero-order valence-electron chi connectivity index (χ0n) is 31.7. The third kappa shape index (κ3) is 10.8. The molecule has 0 aromatic heterocycles. The highest BCUT2D eigenvalue weighted by molar-refractivity contribution is 5.96. The molecule has 0 heterocycles. The van der Waals surface area contributed by atoms with Gasteiger partial charge in [0.15, 0.2) is 5.78 Å². The Morgan fingerprint density at radius 2 is 0.909 bits per heavy atom. The van der Waals surface area contributed by atoms with Gasteiger partial charge >= 0.3 is 0 Å². The normalized spacial score (nSPS) is 17.3. The van der Waals surface area contributed by atoms with Crippen LogP contribution in [0.4, 0.5) is 0 Å². The van der Waals surface area contributed by atoms with Gasteiger partial charge in [-0.2, -0.15) is 0 Å². The summed E-state index contributed by atoms with van der Waals surface area (Å²) < 4.78 is 48.1. The molecule has 9 nitrogen and oxygen atoms in total. The fourth-order valence-corrected chi connectivity index (χ4v) is 6.40. The minimum absolute atomic E-state index is 0.121. The lowest BCUT2D eigenvalue weighted by atomic mass is 9.89. The second-order valence-electron chi connectivity index (χ2n) is 13.2. The van der Waals surface area contributed by atoms with Crippen LogP contribution in [-0.2, 0) is 50.0 Å². The summed E-state index contributed by atoms with van der Waals surface area (Å²) in [6, 6.07) is 40.9. The molecule has 4 atom stereocenters. The van der Waals surface area contributed by atoms with E-state index in [1.807, 2.05) is 115 Å². The topological polar surface area (TPSA) is 90.9 Å². The fraction of sp³-hybridized carbons (Fsp3) is 0.283. The lowest BCUT2D eigenvalue weighted by Gasteiger charge is -2.37. The SMILES string of the molecule is COc1ccc(CO[C@H]2[C@H](OCc3ccc(OC)cc3)C(COC(Cc3ccccc3)c3ccc(OC)cc3)=CC(=O)[C@@H]2OCc2ccc(OC)cc2)cc1. The number of rotatable bonds is 19. The van der Waals surface area contributed by atoms with E-state index in [0.29, 0.717) is 12.0 Å². The average molecular weight is 745 g/mol. The van der Waals surface area contributed by atoms with Crippen molar-refractivity contribution < 1.29 is 42.7 Å². The zero-order valence-corrected chi connectivity index (χ0v) is 31.7. The fourth-order valence-electron chi connectivity index (χ4n) is 6.40. The van der Waals surface area contributed by atoms with Gasteiger partial charge in [0.25, 0.3) is 0 Å². The van der Waals surface area contributed by atoms with E-state index in [2.05, 4.69) is 12.1 Å². The van der Waals surface area contributed by atoms with Crippen LogP contribution in [0.3, 0.4) is 0 Å².